The van der Waals surface area contributed by atoms with Crippen LogP contribution in [-0.4, -0.2) is 44.9 Å². The minimum absolute atomic E-state index is 0.0474. The standard InChI is InChI=1S/C22H23BN4O7S/c24-17-10-20(26-22(28)33-9-8-32-13-15-4-2-1-3-5-15)21(25-12-17)35(30,31)27-18-7-6-16-14-34-23(29)19(16)11-18/h1-7,10-12,27,29H,8-9,13-14,24H2,(H,26,28). The molecule has 11 nitrogen and oxygen atoms in total. The summed E-state index contributed by atoms with van der Waals surface area (Å²) in [4.78, 5) is 16.1. The average Bonchev–Trinajstić information content (AvgIpc) is 3.19. The number of amides is 1. The molecule has 2 aromatic carbocycles. The Morgan fingerprint density at radius 2 is 1.97 bits per heavy atom. The van der Waals surface area contributed by atoms with Crippen molar-refractivity contribution >= 4 is 45.8 Å². The molecular weight excluding hydrogens is 475 g/mol. The number of anilines is 3. The van der Waals surface area contributed by atoms with Crippen molar-refractivity contribution in [3.8, 4) is 0 Å². The molecule has 2 heterocycles. The van der Waals surface area contributed by atoms with E-state index < -0.39 is 28.3 Å². The molecule has 1 aliphatic rings. The van der Waals surface area contributed by atoms with Gasteiger partial charge in [0.15, 0.2) is 5.03 Å². The van der Waals surface area contributed by atoms with Crippen LogP contribution in [0.4, 0.5) is 21.9 Å². The second kappa shape index (κ2) is 10.7. The van der Waals surface area contributed by atoms with Crippen LogP contribution < -0.4 is 21.2 Å². The molecule has 1 aliphatic heterocycles. The van der Waals surface area contributed by atoms with E-state index in [-0.39, 0.29) is 36.9 Å². The molecule has 0 saturated heterocycles. The quantitative estimate of drug-likeness (QED) is 0.253. The summed E-state index contributed by atoms with van der Waals surface area (Å²) in [5, 5.41) is 11.8. The Kier molecular flexibility index (Phi) is 7.51. The van der Waals surface area contributed by atoms with E-state index in [0.29, 0.717) is 12.1 Å². The van der Waals surface area contributed by atoms with E-state index in [9.17, 15) is 18.2 Å². The highest BCUT2D eigenvalue weighted by Crippen LogP contribution is 2.24. The van der Waals surface area contributed by atoms with Crippen LogP contribution in [-0.2, 0) is 37.4 Å². The lowest BCUT2D eigenvalue weighted by Crippen LogP contribution is -2.28. The van der Waals surface area contributed by atoms with Gasteiger partial charge < -0.3 is 24.9 Å². The molecule has 0 spiro atoms. The molecule has 4 rings (SSSR count). The van der Waals surface area contributed by atoms with Crippen molar-refractivity contribution in [1.82, 2.24) is 4.98 Å². The van der Waals surface area contributed by atoms with Crippen molar-refractivity contribution in [1.29, 1.82) is 0 Å². The molecule has 1 amide bonds. The molecule has 0 radical (unpaired) electrons. The van der Waals surface area contributed by atoms with Gasteiger partial charge in [-0.2, -0.15) is 8.42 Å². The first-order valence-electron chi connectivity index (χ1n) is 10.6. The maximum Gasteiger partial charge on any atom is 0.491 e. The van der Waals surface area contributed by atoms with Crippen molar-refractivity contribution in [3.05, 3.63) is 71.9 Å². The first-order chi connectivity index (χ1) is 16.8. The molecule has 35 heavy (non-hydrogen) atoms. The zero-order valence-electron chi connectivity index (χ0n) is 18.5. The number of nitrogens with two attached hydrogens (primary N) is 1. The fourth-order valence-electron chi connectivity index (χ4n) is 3.36. The molecule has 0 saturated carbocycles. The van der Waals surface area contributed by atoms with Crippen molar-refractivity contribution in [2.24, 2.45) is 0 Å². The van der Waals surface area contributed by atoms with Crippen molar-refractivity contribution in [2.75, 3.05) is 29.0 Å². The number of fused-ring (bicyclic) bond motifs is 1. The first kappa shape index (κ1) is 24.5. The largest absolute Gasteiger partial charge is 0.491 e. The summed E-state index contributed by atoms with van der Waals surface area (Å²) in [7, 11) is -5.37. The Balaban J connectivity index is 1.38. The van der Waals surface area contributed by atoms with Crippen LogP contribution in [0, 0.1) is 0 Å². The molecule has 0 atom stereocenters. The zero-order chi connectivity index (χ0) is 24.8. The number of aromatic nitrogens is 1. The summed E-state index contributed by atoms with van der Waals surface area (Å²) < 4.78 is 44.0. The second-order valence-corrected chi connectivity index (χ2v) is 9.20. The minimum atomic E-state index is -4.24. The number of nitrogens with one attached hydrogen (secondary N) is 2. The smallest absolute Gasteiger partial charge is 0.447 e. The van der Waals surface area contributed by atoms with E-state index in [1.54, 1.807) is 6.07 Å². The number of hydrogen-bond acceptors (Lipinski definition) is 9. The lowest BCUT2D eigenvalue weighted by atomic mass is 9.79. The lowest BCUT2D eigenvalue weighted by molar-refractivity contribution is 0.0696. The summed E-state index contributed by atoms with van der Waals surface area (Å²) in [5.74, 6) is 0. The fourth-order valence-corrected chi connectivity index (χ4v) is 4.48. The number of rotatable bonds is 9. The Bertz CT molecular complexity index is 1310. The van der Waals surface area contributed by atoms with Gasteiger partial charge in [-0.1, -0.05) is 36.4 Å². The number of ether oxygens (including phenoxy) is 2. The molecule has 13 heteroatoms. The Morgan fingerprint density at radius 3 is 2.77 bits per heavy atom. The van der Waals surface area contributed by atoms with Gasteiger partial charge in [0, 0.05) is 5.69 Å². The number of nitrogens with zero attached hydrogens (tertiary/aromatic N) is 1. The van der Waals surface area contributed by atoms with Gasteiger partial charge in [0.05, 0.1) is 37.4 Å². The second-order valence-electron chi connectivity index (χ2n) is 7.60. The van der Waals surface area contributed by atoms with Gasteiger partial charge in [0.25, 0.3) is 10.0 Å². The van der Waals surface area contributed by atoms with Gasteiger partial charge in [0.2, 0.25) is 0 Å². The van der Waals surface area contributed by atoms with Gasteiger partial charge in [-0.15, -0.1) is 0 Å². The predicted molar refractivity (Wildman–Crippen MR) is 129 cm³/mol. The molecule has 5 N–H and O–H groups in total. The Labute approximate surface area is 202 Å². The van der Waals surface area contributed by atoms with E-state index in [1.165, 1.54) is 18.2 Å². The molecule has 3 aromatic rings. The topological polar surface area (TPSA) is 162 Å². The third-order valence-corrected chi connectivity index (χ3v) is 6.34. The summed E-state index contributed by atoms with van der Waals surface area (Å²) in [6.45, 7) is 0.702. The summed E-state index contributed by atoms with van der Waals surface area (Å²) in [6, 6.07) is 15.4. The van der Waals surface area contributed by atoms with Crippen LogP contribution in [0.2, 0.25) is 0 Å². The van der Waals surface area contributed by atoms with Crippen LogP contribution in [0.15, 0.2) is 65.8 Å². The summed E-state index contributed by atoms with van der Waals surface area (Å²) in [5.41, 5.74) is 8.12. The Morgan fingerprint density at radius 1 is 1.17 bits per heavy atom. The highest BCUT2D eigenvalue weighted by Gasteiger charge is 2.29. The van der Waals surface area contributed by atoms with Crippen LogP contribution in [0.1, 0.15) is 11.1 Å². The SMILES string of the molecule is Nc1cnc(S(=O)(=O)Nc2ccc3c(c2)B(O)OC3)c(NC(=O)OCCOCc2ccccc2)c1. The van der Waals surface area contributed by atoms with Crippen molar-refractivity contribution in [2.45, 2.75) is 18.2 Å². The zero-order valence-corrected chi connectivity index (χ0v) is 19.3. The number of pyridine rings is 1. The van der Waals surface area contributed by atoms with E-state index in [2.05, 4.69) is 15.0 Å². The predicted octanol–water partition coefficient (Wildman–Crippen LogP) is 1.45. The van der Waals surface area contributed by atoms with E-state index in [4.69, 9.17) is 19.9 Å². The van der Waals surface area contributed by atoms with Gasteiger partial charge >= 0.3 is 13.2 Å². The highest BCUT2D eigenvalue weighted by molar-refractivity contribution is 7.92. The van der Waals surface area contributed by atoms with Crippen molar-refractivity contribution in [3.63, 3.8) is 0 Å². The molecular formula is C22H23BN4O7S. The van der Waals surface area contributed by atoms with Crippen molar-refractivity contribution < 1.29 is 32.4 Å². The van der Waals surface area contributed by atoms with E-state index in [1.807, 2.05) is 30.3 Å². The normalized spacial score (nSPS) is 12.8. The van der Waals surface area contributed by atoms with E-state index >= 15 is 0 Å². The maximum atomic E-state index is 13.0. The molecule has 0 unspecified atom stereocenters. The van der Waals surface area contributed by atoms with Gasteiger partial charge in [0.1, 0.15) is 6.61 Å². The van der Waals surface area contributed by atoms with Crippen LogP contribution >= 0.6 is 0 Å². The average molecular weight is 498 g/mol. The number of nitrogen functional groups attached to an aromatic ring is 1. The molecule has 1 aromatic heterocycles. The van der Waals surface area contributed by atoms with Crippen LogP contribution in [0.3, 0.4) is 0 Å². The number of carbonyl (C=O) groups is 1. The number of hydrogen-bond donors (Lipinski definition) is 4. The highest BCUT2D eigenvalue weighted by atomic mass is 32.2. The third-order valence-electron chi connectivity index (χ3n) is 5.00. The summed E-state index contributed by atoms with van der Waals surface area (Å²) in [6.07, 6.45) is 0.262. The monoisotopic (exact) mass is 498 g/mol. The van der Waals surface area contributed by atoms with Gasteiger partial charge in [-0.25, -0.2) is 9.78 Å². The molecule has 0 aliphatic carbocycles. The number of benzene rings is 2. The first-order valence-corrected chi connectivity index (χ1v) is 12.1. The fraction of sp³-hybridized carbons (Fsp3) is 0.182. The lowest BCUT2D eigenvalue weighted by Gasteiger charge is -2.14. The van der Waals surface area contributed by atoms with Gasteiger partial charge in [-0.3, -0.25) is 10.0 Å². The third kappa shape index (κ3) is 6.28. The Hall–Kier alpha value is -3.65. The van der Waals surface area contributed by atoms with Crippen LogP contribution in [0.5, 0.6) is 0 Å². The molecule has 182 valence electrons. The van der Waals surface area contributed by atoms with Crippen LogP contribution in [0.25, 0.3) is 0 Å². The maximum absolute atomic E-state index is 13.0. The molecule has 0 bridgehead atoms. The molecule has 0 fully saturated rings. The number of sulfonamides is 1. The van der Waals surface area contributed by atoms with E-state index in [0.717, 1.165) is 17.3 Å². The minimum Gasteiger partial charge on any atom is -0.447 e. The summed E-state index contributed by atoms with van der Waals surface area (Å²) >= 11 is 0. The van der Waals surface area contributed by atoms with Gasteiger partial charge in [-0.05, 0) is 34.8 Å². The number of carbonyl (C=O) groups excluding carboxylic acids is 1.